The Hall–Kier alpha value is -4.10. The second kappa shape index (κ2) is 9.27. The van der Waals surface area contributed by atoms with Crippen molar-refractivity contribution in [2.75, 3.05) is 0 Å². The Morgan fingerprint density at radius 3 is 1.91 bits per heavy atom. The van der Waals surface area contributed by atoms with Crippen LogP contribution >= 0.6 is 0 Å². The van der Waals surface area contributed by atoms with Crippen molar-refractivity contribution in [3.05, 3.63) is 150 Å². The highest BCUT2D eigenvalue weighted by molar-refractivity contribution is 6.15. The van der Waals surface area contributed by atoms with Gasteiger partial charge in [0.15, 0.2) is 0 Å². The zero-order chi connectivity index (χ0) is 24.4. The largest absolute Gasteiger partial charge is 0.354 e. The lowest BCUT2D eigenvalue weighted by atomic mass is 9.66. The number of aromatic amines is 1. The molecule has 5 aromatic rings. The van der Waals surface area contributed by atoms with Gasteiger partial charge in [0, 0.05) is 21.8 Å². The highest BCUT2D eigenvalue weighted by Crippen LogP contribution is 2.57. The van der Waals surface area contributed by atoms with Crippen LogP contribution < -0.4 is 0 Å². The first kappa shape index (κ1) is 22.7. The van der Waals surface area contributed by atoms with Crippen LogP contribution in [0.15, 0.2) is 127 Å². The van der Waals surface area contributed by atoms with Crippen LogP contribution in [0.25, 0.3) is 27.4 Å². The van der Waals surface area contributed by atoms with Crippen LogP contribution in [0.1, 0.15) is 43.0 Å². The fraction of sp³-hybridized carbons (Fsp3) is 0.118. The molecule has 35 heavy (non-hydrogen) atoms. The molecule has 1 heterocycles. The maximum atomic E-state index is 4.30. The van der Waals surface area contributed by atoms with Crippen molar-refractivity contribution in [3.8, 4) is 0 Å². The summed E-state index contributed by atoms with van der Waals surface area (Å²) in [5.74, 6) is 0. The van der Waals surface area contributed by atoms with E-state index < -0.39 is 5.41 Å². The van der Waals surface area contributed by atoms with Gasteiger partial charge in [0.25, 0.3) is 0 Å². The van der Waals surface area contributed by atoms with Gasteiger partial charge in [-0.3, -0.25) is 0 Å². The quantitative estimate of drug-likeness (QED) is 0.279. The molecule has 0 aliphatic heterocycles. The Labute approximate surface area is 208 Å². The van der Waals surface area contributed by atoms with Crippen molar-refractivity contribution in [1.29, 1.82) is 0 Å². The number of rotatable bonds is 4. The highest BCUT2D eigenvalue weighted by atomic mass is 14.7. The molecule has 0 atom stereocenters. The summed E-state index contributed by atoms with van der Waals surface area (Å²) in [5, 5.41) is 2.52. The van der Waals surface area contributed by atoms with Crippen molar-refractivity contribution >= 4 is 27.4 Å². The summed E-state index contributed by atoms with van der Waals surface area (Å²) in [6, 6.07) is 34.9. The average molecular weight is 454 g/mol. The van der Waals surface area contributed by atoms with Crippen molar-refractivity contribution < 1.29 is 0 Å². The summed E-state index contributed by atoms with van der Waals surface area (Å²) < 4.78 is 0. The predicted octanol–water partition coefficient (Wildman–Crippen LogP) is 9.21. The Morgan fingerprint density at radius 2 is 1.31 bits per heavy atom. The molecule has 0 fully saturated rings. The molecule has 1 aliphatic carbocycles. The van der Waals surface area contributed by atoms with Gasteiger partial charge in [0.1, 0.15) is 0 Å². The standard InChI is InChI=1S/C32H25N.C2H6/c1-3-13-26-24(4-2)30-27(20-21-29-31(30)25-18-11-12-19-28(25)33-29)32(26,22-14-7-5-8-15-22)23-16-9-6-10-17-23;1-2/h3-21,33H,2H2,1H3;1-2H3/b13-3-;. The molecular formula is C34H31N. The first-order chi connectivity index (χ1) is 17.3. The first-order valence-electron chi connectivity index (χ1n) is 12.5. The molecule has 0 saturated carbocycles. The molecule has 0 saturated heterocycles. The van der Waals surface area contributed by atoms with Crippen LogP contribution in [0.4, 0.5) is 0 Å². The van der Waals surface area contributed by atoms with Gasteiger partial charge in [-0.05, 0) is 52.5 Å². The van der Waals surface area contributed by atoms with Gasteiger partial charge >= 0.3 is 0 Å². The van der Waals surface area contributed by atoms with Gasteiger partial charge in [0.05, 0.1) is 5.41 Å². The Bertz CT molecular complexity index is 1520. The molecule has 0 amide bonds. The molecule has 4 aromatic carbocycles. The molecule has 1 aliphatic rings. The zero-order valence-electron chi connectivity index (χ0n) is 20.7. The van der Waals surface area contributed by atoms with Crippen LogP contribution in [-0.2, 0) is 5.41 Å². The van der Waals surface area contributed by atoms with E-state index >= 15 is 0 Å². The highest BCUT2D eigenvalue weighted by Gasteiger charge is 2.47. The van der Waals surface area contributed by atoms with E-state index in [1.807, 2.05) is 19.9 Å². The van der Waals surface area contributed by atoms with Crippen LogP contribution in [-0.4, -0.2) is 4.98 Å². The summed E-state index contributed by atoms with van der Waals surface area (Å²) in [6.07, 6.45) is 6.47. The fourth-order valence-electron chi connectivity index (χ4n) is 5.77. The van der Waals surface area contributed by atoms with Crippen LogP contribution in [0.2, 0.25) is 0 Å². The number of nitrogens with one attached hydrogen (secondary N) is 1. The molecule has 0 spiro atoms. The van der Waals surface area contributed by atoms with Crippen molar-refractivity contribution in [1.82, 2.24) is 4.98 Å². The van der Waals surface area contributed by atoms with Crippen molar-refractivity contribution in [2.24, 2.45) is 0 Å². The van der Waals surface area contributed by atoms with E-state index in [4.69, 9.17) is 0 Å². The minimum atomic E-state index is -0.416. The Morgan fingerprint density at radius 1 is 0.714 bits per heavy atom. The van der Waals surface area contributed by atoms with Crippen LogP contribution in [0.3, 0.4) is 0 Å². The third-order valence-electron chi connectivity index (χ3n) is 6.99. The second-order valence-electron chi connectivity index (χ2n) is 8.59. The molecule has 172 valence electrons. The Balaban J connectivity index is 0.00000124. The molecule has 1 aromatic heterocycles. The second-order valence-corrected chi connectivity index (χ2v) is 8.59. The Kier molecular flexibility index (Phi) is 6.01. The molecule has 1 N–H and O–H groups in total. The molecule has 1 nitrogen and oxygen atoms in total. The van der Waals surface area contributed by atoms with Gasteiger partial charge in [-0.25, -0.2) is 0 Å². The third kappa shape index (κ3) is 3.23. The fourth-order valence-corrected chi connectivity index (χ4v) is 5.77. The van der Waals surface area contributed by atoms with Crippen LogP contribution in [0.5, 0.6) is 0 Å². The lowest BCUT2D eigenvalue weighted by Crippen LogP contribution is -2.29. The smallest absolute Gasteiger partial charge is 0.0713 e. The van der Waals surface area contributed by atoms with E-state index in [-0.39, 0.29) is 0 Å². The van der Waals surface area contributed by atoms with Gasteiger partial charge in [-0.2, -0.15) is 0 Å². The number of hydrogen-bond donors (Lipinski definition) is 1. The summed E-state index contributed by atoms with van der Waals surface area (Å²) >= 11 is 0. The number of allylic oxidation sites excluding steroid dienone is 5. The number of fused-ring (bicyclic) bond motifs is 5. The number of aromatic nitrogens is 1. The normalized spacial score (nSPS) is 14.3. The predicted molar refractivity (Wildman–Crippen MR) is 152 cm³/mol. The third-order valence-corrected chi connectivity index (χ3v) is 6.99. The topological polar surface area (TPSA) is 15.8 Å². The van der Waals surface area contributed by atoms with E-state index in [0.717, 1.165) is 11.0 Å². The van der Waals surface area contributed by atoms with Gasteiger partial charge in [0.2, 0.25) is 0 Å². The molecule has 0 unspecified atom stereocenters. The van der Waals surface area contributed by atoms with Crippen molar-refractivity contribution in [2.45, 2.75) is 26.2 Å². The van der Waals surface area contributed by atoms with E-state index in [2.05, 4.69) is 128 Å². The molecular weight excluding hydrogens is 422 g/mol. The van der Waals surface area contributed by atoms with Gasteiger partial charge in [-0.1, -0.05) is 124 Å². The summed E-state index contributed by atoms with van der Waals surface area (Å²) in [7, 11) is 0. The summed E-state index contributed by atoms with van der Waals surface area (Å²) in [5.41, 5.74) is 9.49. The van der Waals surface area contributed by atoms with Crippen molar-refractivity contribution in [3.63, 3.8) is 0 Å². The summed E-state index contributed by atoms with van der Waals surface area (Å²) in [4.78, 5) is 3.63. The van der Waals surface area contributed by atoms with E-state index in [0.29, 0.717) is 0 Å². The van der Waals surface area contributed by atoms with E-state index in [9.17, 15) is 0 Å². The minimum absolute atomic E-state index is 0.416. The van der Waals surface area contributed by atoms with Crippen LogP contribution in [0, 0.1) is 0 Å². The maximum Gasteiger partial charge on any atom is 0.0713 e. The summed E-state index contributed by atoms with van der Waals surface area (Å²) in [6.45, 7) is 10.4. The molecule has 0 bridgehead atoms. The number of hydrogen-bond acceptors (Lipinski definition) is 0. The maximum absolute atomic E-state index is 4.30. The minimum Gasteiger partial charge on any atom is -0.354 e. The average Bonchev–Trinajstić information content (AvgIpc) is 3.44. The number of benzene rings is 4. The lowest BCUT2D eigenvalue weighted by Gasteiger charge is -2.35. The molecule has 0 radical (unpaired) electrons. The lowest BCUT2D eigenvalue weighted by molar-refractivity contribution is 0.762. The van der Waals surface area contributed by atoms with E-state index in [1.165, 1.54) is 44.2 Å². The van der Waals surface area contributed by atoms with Gasteiger partial charge < -0.3 is 4.98 Å². The monoisotopic (exact) mass is 453 g/mol. The molecule has 1 heteroatoms. The zero-order valence-corrected chi connectivity index (χ0v) is 20.7. The number of H-pyrrole nitrogens is 1. The van der Waals surface area contributed by atoms with Gasteiger partial charge in [-0.15, -0.1) is 0 Å². The first-order valence-corrected chi connectivity index (χ1v) is 12.5. The van der Waals surface area contributed by atoms with E-state index in [1.54, 1.807) is 0 Å². The SMILES string of the molecule is C=CC1=C(/C=C\C)C(c2ccccc2)(c2ccccc2)c2ccc3[nH]c4ccccc4c3c21.CC. The number of para-hydroxylation sites is 1. The molecule has 6 rings (SSSR count).